The predicted molar refractivity (Wildman–Crippen MR) is 119 cm³/mol. The van der Waals surface area contributed by atoms with E-state index >= 15 is 0 Å². The molecule has 2 aromatic heterocycles. The van der Waals surface area contributed by atoms with Crippen LogP contribution in [0.1, 0.15) is 5.56 Å². The molecule has 3 aromatic carbocycles. The fourth-order valence-electron chi connectivity index (χ4n) is 3.46. The molecule has 0 radical (unpaired) electrons. The highest BCUT2D eigenvalue weighted by molar-refractivity contribution is 6.30. The van der Waals surface area contributed by atoms with Crippen LogP contribution in [0.2, 0.25) is 5.02 Å². The lowest BCUT2D eigenvalue weighted by Crippen LogP contribution is -2.05. The Bertz CT molecular complexity index is 1350. The smallest absolute Gasteiger partial charge is 0.186 e. The van der Waals surface area contributed by atoms with Crippen molar-refractivity contribution in [3.05, 3.63) is 83.4 Å². The molecule has 0 spiro atoms. The van der Waals surface area contributed by atoms with Crippen LogP contribution in [0.4, 0.5) is 5.82 Å². The second-order valence-electron chi connectivity index (χ2n) is 6.86. The van der Waals surface area contributed by atoms with Gasteiger partial charge >= 0.3 is 0 Å². The number of ether oxygens (including phenoxy) is 1. The molecule has 0 unspecified atom stereocenters. The maximum Gasteiger partial charge on any atom is 0.186 e. The van der Waals surface area contributed by atoms with Crippen molar-refractivity contribution >= 4 is 34.0 Å². The molecule has 0 amide bonds. The second-order valence-corrected chi connectivity index (χ2v) is 7.30. The van der Waals surface area contributed by atoms with Gasteiger partial charge in [0.1, 0.15) is 17.3 Å². The molecule has 0 fully saturated rings. The van der Waals surface area contributed by atoms with E-state index in [4.69, 9.17) is 21.3 Å². The maximum absolute atomic E-state index is 6.04. The van der Waals surface area contributed by atoms with E-state index in [0.29, 0.717) is 22.9 Å². The molecule has 5 aromatic rings. The van der Waals surface area contributed by atoms with Gasteiger partial charge in [0.25, 0.3) is 0 Å². The van der Waals surface area contributed by atoms with E-state index in [-0.39, 0.29) is 0 Å². The first-order valence-corrected chi connectivity index (χ1v) is 9.87. The van der Waals surface area contributed by atoms with Gasteiger partial charge in [-0.1, -0.05) is 53.2 Å². The highest BCUT2D eigenvalue weighted by Gasteiger charge is 2.15. The van der Waals surface area contributed by atoms with Gasteiger partial charge in [-0.25, -0.2) is 4.98 Å². The summed E-state index contributed by atoms with van der Waals surface area (Å²) in [4.78, 5) is 4.88. The minimum atomic E-state index is 0.613. The van der Waals surface area contributed by atoms with E-state index in [0.717, 1.165) is 33.6 Å². The Balaban J connectivity index is 1.60. The van der Waals surface area contributed by atoms with Gasteiger partial charge in [0, 0.05) is 22.5 Å². The molecule has 6 nitrogen and oxygen atoms in total. The Morgan fingerprint density at radius 2 is 1.83 bits per heavy atom. The molecule has 0 saturated carbocycles. The average molecular weight is 416 g/mol. The van der Waals surface area contributed by atoms with Gasteiger partial charge in [0.15, 0.2) is 5.65 Å². The average Bonchev–Trinajstić information content (AvgIpc) is 3.22. The molecule has 5 rings (SSSR count). The highest BCUT2D eigenvalue weighted by atomic mass is 35.5. The largest absolute Gasteiger partial charge is 0.497 e. The summed E-state index contributed by atoms with van der Waals surface area (Å²) < 4.78 is 7.10. The SMILES string of the molecule is COc1cccc(CNc2nc3c(-c4ccc(Cl)cc4)nnn3c3ccccc23)c1. The van der Waals surface area contributed by atoms with Crippen LogP contribution >= 0.6 is 11.6 Å². The fourth-order valence-corrected chi connectivity index (χ4v) is 3.59. The number of fused-ring (bicyclic) bond motifs is 3. The van der Waals surface area contributed by atoms with Crippen molar-refractivity contribution in [2.75, 3.05) is 12.4 Å². The minimum absolute atomic E-state index is 0.613. The van der Waals surface area contributed by atoms with Gasteiger partial charge in [-0.15, -0.1) is 5.10 Å². The first-order valence-electron chi connectivity index (χ1n) is 9.50. The molecule has 7 heteroatoms. The third-order valence-corrected chi connectivity index (χ3v) is 5.22. The summed E-state index contributed by atoms with van der Waals surface area (Å²) in [6.45, 7) is 0.613. The molecule has 0 aliphatic carbocycles. The topological polar surface area (TPSA) is 64.3 Å². The molecular formula is C23H18ClN5O. The Kier molecular flexibility index (Phi) is 4.69. The molecule has 0 saturated heterocycles. The van der Waals surface area contributed by atoms with E-state index in [1.165, 1.54) is 0 Å². The van der Waals surface area contributed by atoms with Crippen LogP contribution in [0.25, 0.3) is 27.8 Å². The molecule has 0 bridgehead atoms. The van der Waals surface area contributed by atoms with Gasteiger partial charge in [-0.3, -0.25) is 0 Å². The molecule has 0 aliphatic rings. The number of rotatable bonds is 5. The molecule has 148 valence electrons. The Morgan fingerprint density at radius 3 is 2.67 bits per heavy atom. The number of hydrogen-bond acceptors (Lipinski definition) is 5. The first-order chi connectivity index (χ1) is 14.7. The number of halogens is 1. The lowest BCUT2D eigenvalue weighted by molar-refractivity contribution is 0.414. The van der Waals surface area contributed by atoms with E-state index in [1.54, 1.807) is 11.6 Å². The van der Waals surface area contributed by atoms with Crippen molar-refractivity contribution in [2.45, 2.75) is 6.54 Å². The summed E-state index contributed by atoms with van der Waals surface area (Å²) in [7, 11) is 1.67. The monoisotopic (exact) mass is 415 g/mol. The zero-order chi connectivity index (χ0) is 20.5. The molecule has 1 N–H and O–H groups in total. The van der Waals surface area contributed by atoms with Crippen LogP contribution in [0.15, 0.2) is 72.8 Å². The van der Waals surface area contributed by atoms with E-state index in [2.05, 4.69) is 21.7 Å². The second kappa shape index (κ2) is 7.65. The predicted octanol–water partition coefficient (Wildman–Crippen LogP) is 5.22. The zero-order valence-electron chi connectivity index (χ0n) is 16.2. The third-order valence-electron chi connectivity index (χ3n) is 4.96. The summed E-state index contributed by atoms with van der Waals surface area (Å²) in [5.41, 5.74) is 4.34. The van der Waals surface area contributed by atoms with Crippen LogP contribution in [0, 0.1) is 0 Å². The van der Waals surface area contributed by atoms with Crippen LogP contribution in [0.3, 0.4) is 0 Å². The Labute approximate surface area is 178 Å². The summed E-state index contributed by atoms with van der Waals surface area (Å²) in [6.07, 6.45) is 0. The van der Waals surface area contributed by atoms with Crippen molar-refractivity contribution < 1.29 is 4.74 Å². The maximum atomic E-state index is 6.04. The van der Waals surface area contributed by atoms with Crippen molar-refractivity contribution in [1.82, 2.24) is 19.8 Å². The Hall–Kier alpha value is -3.64. The third kappa shape index (κ3) is 3.31. The normalized spacial score (nSPS) is 11.1. The van der Waals surface area contributed by atoms with E-state index < -0.39 is 0 Å². The van der Waals surface area contributed by atoms with Crippen LogP contribution < -0.4 is 10.1 Å². The van der Waals surface area contributed by atoms with Gasteiger partial charge in [0.2, 0.25) is 0 Å². The molecule has 0 atom stereocenters. The van der Waals surface area contributed by atoms with Gasteiger partial charge in [0.05, 0.1) is 12.6 Å². The standard InChI is InChI=1S/C23H18ClN5O/c1-30-18-6-4-5-15(13-18)14-25-22-19-7-2-3-8-20(19)29-23(26-22)21(27-28-29)16-9-11-17(24)12-10-16/h2-13H,14H2,1H3,(H,25,26). The number of nitrogens with zero attached hydrogens (tertiary/aromatic N) is 4. The van der Waals surface area contributed by atoms with Crippen LogP contribution in [0.5, 0.6) is 5.75 Å². The van der Waals surface area contributed by atoms with Gasteiger partial charge in [-0.2, -0.15) is 4.52 Å². The number of hydrogen-bond donors (Lipinski definition) is 1. The lowest BCUT2D eigenvalue weighted by Gasteiger charge is -2.11. The number of anilines is 1. The summed E-state index contributed by atoms with van der Waals surface area (Å²) in [5, 5.41) is 13.9. The number of aromatic nitrogens is 4. The van der Waals surface area contributed by atoms with Crippen LogP contribution in [-0.2, 0) is 6.54 Å². The fraction of sp³-hybridized carbons (Fsp3) is 0.0870. The van der Waals surface area contributed by atoms with Crippen molar-refractivity contribution in [1.29, 1.82) is 0 Å². The first kappa shape index (κ1) is 18.4. The number of para-hydroxylation sites is 1. The molecular weight excluding hydrogens is 398 g/mol. The quantitative estimate of drug-likeness (QED) is 0.426. The minimum Gasteiger partial charge on any atom is -0.497 e. The van der Waals surface area contributed by atoms with Gasteiger partial charge < -0.3 is 10.1 Å². The number of nitrogens with one attached hydrogen (secondary N) is 1. The van der Waals surface area contributed by atoms with Crippen molar-refractivity contribution in [3.8, 4) is 17.0 Å². The molecule has 2 heterocycles. The van der Waals surface area contributed by atoms with Gasteiger partial charge in [-0.05, 0) is 42.0 Å². The zero-order valence-corrected chi connectivity index (χ0v) is 17.0. The number of benzene rings is 3. The molecule has 30 heavy (non-hydrogen) atoms. The number of methoxy groups -OCH3 is 1. The Morgan fingerprint density at radius 1 is 1.00 bits per heavy atom. The summed E-state index contributed by atoms with van der Waals surface area (Å²) in [6, 6.07) is 23.5. The van der Waals surface area contributed by atoms with Crippen molar-refractivity contribution in [2.24, 2.45) is 0 Å². The van der Waals surface area contributed by atoms with Crippen molar-refractivity contribution in [3.63, 3.8) is 0 Å². The van der Waals surface area contributed by atoms with Crippen LogP contribution in [-0.4, -0.2) is 26.9 Å². The van der Waals surface area contributed by atoms with E-state index in [1.807, 2.05) is 66.7 Å². The molecule has 0 aliphatic heterocycles. The lowest BCUT2D eigenvalue weighted by atomic mass is 10.1. The van der Waals surface area contributed by atoms with E-state index in [9.17, 15) is 0 Å². The summed E-state index contributed by atoms with van der Waals surface area (Å²) in [5.74, 6) is 1.60. The highest BCUT2D eigenvalue weighted by Crippen LogP contribution is 2.29. The summed E-state index contributed by atoms with van der Waals surface area (Å²) >= 11 is 6.04.